The van der Waals surface area contributed by atoms with E-state index < -0.39 is 10.0 Å². The molecule has 0 unspecified atom stereocenters. The van der Waals surface area contributed by atoms with E-state index in [2.05, 4.69) is 13.8 Å². The van der Waals surface area contributed by atoms with Gasteiger partial charge in [0.25, 0.3) is 0 Å². The Labute approximate surface area is 122 Å². The molecule has 2 N–H and O–H groups in total. The first-order chi connectivity index (χ1) is 9.41. The lowest BCUT2D eigenvalue weighted by Gasteiger charge is -2.29. The maximum absolute atomic E-state index is 12.9. The lowest BCUT2D eigenvalue weighted by molar-refractivity contribution is 0.292. The lowest BCUT2D eigenvalue weighted by Crippen LogP contribution is -2.41. The predicted molar refractivity (Wildman–Crippen MR) is 81.8 cm³/mol. The normalized spacial score (nSPS) is 17.2. The van der Waals surface area contributed by atoms with Gasteiger partial charge in [-0.1, -0.05) is 32.8 Å². The summed E-state index contributed by atoms with van der Waals surface area (Å²) in [5.41, 5.74) is 6.22. The van der Waals surface area contributed by atoms with Crippen LogP contribution in [0.3, 0.4) is 0 Å². The lowest BCUT2D eigenvalue weighted by atomic mass is 10.2. The van der Waals surface area contributed by atoms with Gasteiger partial charge >= 0.3 is 0 Å². The minimum atomic E-state index is -3.45. The molecular formula is C15H24N2O2S. The Morgan fingerprint density at radius 3 is 2.50 bits per heavy atom. The van der Waals surface area contributed by atoms with Crippen molar-refractivity contribution in [2.24, 2.45) is 5.92 Å². The van der Waals surface area contributed by atoms with Crippen molar-refractivity contribution in [2.75, 3.05) is 12.3 Å². The first-order valence-corrected chi connectivity index (χ1v) is 8.72. The van der Waals surface area contributed by atoms with Gasteiger partial charge in [0.1, 0.15) is 0 Å². The van der Waals surface area contributed by atoms with E-state index in [4.69, 9.17) is 5.73 Å². The average Bonchev–Trinajstić information content (AvgIpc) is 2.89. The molecule has 0 radical (unpaired) electrons. The quantitative estimate of drug-likeness (QED) is 0.850. The smallest absolute Gasteiger partial charge is 0.243 e. The van der Waals surface area contributed by atoms with Crippen molar-refractivity contribution < 1.29 is 8.42 Å². The fraction of sp³-hybridized carbons (Fsp3) is 0.600. The number of anilines is 1. The van der Waals surface area contributed by atoms with Gasteiger partial charge in [-0.2, -0.15) is 4.31 Å². The molecule has 0 aliphatic heterocycles. The Kier molecular flexibility index (Phi) is 4.70. The van der Waals surface area contributed by atoms with Gasteiger partial charge in [0, 0.05) is 18.3 Å². The largest absolute Gasteiger partial charge is 0.399 e. The van der Waals surface area contributed by atoms with Crippen LogP contribution < -0.4 is 5.73 Å². The molecule has 2 rings (SSSR count). The fourth-order valence-electron chi connectivity index (χ4n) is 2.81. The standard InChI is InChI=1S/C15H24N2O2S/c1-12(2)11-17(14-7-3-4-8-14)20(18,19)15-9-5-6-13(16)10-15/h5-6,9-10,12,14H,3-4,7-8,11,16H2,1-2H3. The summed E-state index contributed by atoms with van der Waals surface area (Å²) in [7, 11) is -3.45. The molecular weight excluding hydrogens is 272 g/mol. The zero-order valence-corrected chi connectivity index (χ0v) is 13.1. The van der Waals surface area contributed by atoms with Gasteiger partial charge in [0.15, 0.2) is 0 Å². The van der Waals surface area contributed by atoms with Crippen LogP contribution in [0.2, 0.25) is 0 Å². The Hall–Kier alpha value is -1.07. The molecule has 1 saturated carbocycles. The number of nitrogen functional groups attached to an aromatic ring is 1. The minimum absolute atomic E-state index is 0.142. The van der Waals surface area contributed by atoms with E-state index in [9.17, 15) is 8.42 Å². The summed E-state index contributed by atoms with van der Waals surface area (Å²) in [5, 5.41) is 0. The number of nitrogens with two attached hydrogens (primary N) is 1. The van der Waals surface area contributed by atoms with E-state index in [0.717, 1.165) is 25.7 Å². The van der Waals surface area contributed by atoms with Crippen LogP contribution >= 0.6 is 0 Å². The number of hydrogen-bond donors (Lipinski definition) is 1. The van der Waals surface area contributed by atoms with E-state index in [-0.39, 0.29) is 6.04 Å². The Morgan fingerprint density at radius 2 is 1.95 bits per heavy atom. The van der Waals surface area contributed by atoms with Crippen LogP contribution in [-0.4, -0.2) is 25.3 Å². The fourth-order valence-corrected chi connectivity index (χ4v) is 4.71. The first kappa shape index (κ1) is 15.3. The molecule has 1 fully saturated rings. The second-order valence-corrected chi connectivity index (χ2v) is 7.87. The maximum Gasteiger partial charge on any atom is 0.243 e. The van der Waals surface area contributed by atoms with E-state index in [1.54, 1.807) is 28.6 Å². The molecule has 1 aliphatic rings. The van der Waals surface area contributed by atoms with Crippen molar-refractivity contribution in [1.82, 2.24) is 4.31 Å². The molecule has 0 bridgehead atoms. The molecule has 1 aromatic carbocycles. The number of rotatable bonds is 5. The highest BCUT2D eigenvalue weighted by atomic mass is 32.2. The van der Waals surface area contributed by atoms with E-state index >= 15 is 0 Å². The Morgan fingerprint density at radius 1 is 1.30 bits per heavy atom. The van der Waals surface area contributed by atoms with Crippen LogP contribution in [-0.2, 0) is 10.0 Å². The van der Waals surface area contributed by atoms with Crippen LogP contribution in [0.1, 0.15) is 39.5 Å². The molecule has 0 spiro atoms. The third-order valence-electron chi connectivity index (χ3n) is 3.74. The second kappa shape index (κ2) is 6.14. The van der Waals surface area contributed by atoms with Crippen molar-refractivity contribution >= 4 is 15.7 Å². The van der Waals surface area contributed by atoms with E-state index in [0.29, 0.717) is 23.0 Å². The SMILES string of the molecule is CC(C)CN(C1CCCC1)S(=O)(=O)c1cccc(N)c1. The molecule has 20 heavy (non-hydrogen) atoms. The van der Waals surface area contributed by atoms with Gasteiger partial charge in [0.2, 0.25) is 10.0 Å². The summed E-state index contributed by atoms with van der Waals surface area (Å²) in [5.74, 6) is 0.312. The van der Waals surface area contributed by atoms with Gasteiger partial charge in [-0.25, -0.2) is 8.42 Å². The van der Waals surface area contributed by atoms with Crippen LogP contribution in [0.4, 0.5) is 5.69 Å². The van der Waals surface area contributed by atoms with E-state index in [1.165, 1.54) is 0 Å². The molecule has 0 saturated heterocycles. The molecule has 1 aliphatic carbocycles. The molecule has 1 aromatic rings. The van der Waals surface area contributed by atoms with Crippen molar-refractivity contribution in [3.8, 4) is 0 Å². The summed E-state index contributed by atoms with van der Waals surface area (Å²) in [6, 6.07) is 6.74. The van der Waals surface area contributed by atoms with Crippen LogP contribution in [0.15, 0.2) is 29.2 Å². The molecule has 5 heteroatoms. The van der Waals surface area contributed by atoms with Crippen molar-refractivity contribution in [2.45, 2.75) is 50.5 Å². The third kappa shape index (κ3) is 3.33. The summed E-state index contributed by atoms with van der Waals surface area (Å²) in [6.45, 7) is 4.68. The molecule has 4 nitrogen and oxygen atoms in total. The van der Waals surface area contributed by atoms with Crippen molar-refractivity contribution in [3.05, 3.63) is 24.3 Å². The second-order valence-electron chi connectivity index (χ2n) is 5.98. The number of sulfonamides is 1. The van der Waals surface area contributed by atoms with Gasteiger partial charge in [-0.3, -0.25) is 0 Å². The Balaban J connectivity index is 2.35. The maximum atomic E-state index is 12.9. The minimum Gasteiger partial charge on any atom is -0.399 e. The number of benzene rings is 1. The molecule has 0 heterocycles. The van der Waals surface area contributed by atoms with Crippen LogP contribution in [0, 0.1) is 5.92 Å². The highest BCUT2D eigenvalue weighted by molar-refractivity contribution is 7.89. The molecule has 0 amide bonds. The van der Waals surface area contributed by atoms with Crippen LogP contribution in [0.25, 0.3) is 0 Å². The topological polar surface area (TPSA) is 63.4 Å². The summed E-state index contributed by atoms with van der Waals surface area (Å²) in [4.78, 5) is 0.310. The molecule has 0 atom stereocenters. The van der Waals surface area contributed by atoms with Gasteiger partial charge in [-0.05, 0) is 37.0 Å². The number of hydrogen-bond acceptors (Lipinski definition) is 3. The molecule has 112 valence electrons. The highest BCUT2D eigenvalue weighted by Crippen LogP contribution is 2.29. The van der Waals surface area contributed by atoms with Crippen LogP contribution in [0.5, 0.6) is 0 Å². The summed E-state index contributed by atoms with van der Waals surface area (Å²) in [6.07, 6.45) is 4.17. The van der Waals surface area contributed by atoms with Crippen molar-refractivity contribution in [3.63, 3.8) is 0 Å². The third-order valence-corrected chi connectivity index (χ3v) is 5.66. The van der Waals surface area contributed by atoms with Gasteiger partial charge in [0.05, 0.1) is 4.90 Å². The highest BCUT2D eigenvalue weighted by Gasteiger charge is 2.33. The summed E-state index contributed by atoms with van der Waals surface area (Å²) < 4.78 is 27.4. The Bertz CT molecular complexity index is 549. The van der Waals surface area contributed by atoms with Crippen molar-refractivity contribution in [1.29, 1.82) is 0 Å². The van der Waals surface area contributed by atoms with Gasteiger partial charge < -0.3 is 5.73 Å². The average molecular weight is 296 g/mol. The first-order valence-electron chi connectivity index (χ1n) is 7.28. The zero-order valence-electron chi connectivity index (χ0n) is 12.2. The zero-order chi connectivity index (χ0) is 14.8. The summed E-state index contributed by atoms with van der Waals surface area (Å²) >= 11 is 0. The monoisotopic (exact) mass is 296 g/mol. The predicted octanol–water partition coefficient (Wildman–Crippen LogP) is 2.86. The number of nitrogens with zero attached hydrogens (tertiary/aromatic N) is 1. The molecule has 0 aromatic heterocycles. The van der Waals surface area contributed by atoms with E-state index in [1.807, 2.05) is 0 Å². The van der Waals surface area contributed by atoms with Gasteiger partial charge in [-0.15, -0.1) is 0 Å².